The van der Waals surface area contributed by atoms with Crippen LogP contribution in [0.4, 0.5) is 5.69 Å². The van der Waals surface area contributed by atoms with Crippen LogP contribution in [0.5, 0.6) is 0 Å². The van der Waals surface area contributed by atoms with Gasteiger partial charge < -0.3 is 10.6 Å². The van der Waals surface area contributed by atoms with Gasteiger partial charge in [0, 0.05) is 37.5 Å². The van der Waals surface area contributed by atoms with E-state index in [4.69, 9.17) is 0 Å². The molecule has 0 unspecified atom stereocenters. The Kier molecular flexibility index (Phi) is 3.43. The molecular formula is C15H16N4O2. The summed E-state index contributed by atoms with van der Waals surface area (Å²) in [7, 11) is 1.86. The van der Waals surface area contributed by atoms with Crippen LogP contribution in [-0.4, -0.2) is 28.1 Å². The molecule has 0 saturated heterocycles. The number of carbonyl (C=O) groups is 2. The second kappa shape index (κ2) is 5.40. The van der Waals surface area contributed by atoms with Gasteiger partial charge in [-0.1, -0.05) is 0 Å². The number of nitrogens with one attached hydrogen (secondary N) is 2. The van der Waals surface area contributed by atoms with Crippen LogP contribution in [0.2, 0.25) is 0 Å². The van der Waals surface area contributed by atoms with Gasteiger partial charge in [-0.2, -0.15) is 5.10 Å². The SMILES string of the molecule is Cn1ccc(CCNC(=O)c2ccc3c(c2)CC(=O)N3)n1. The predicted molar refractivity (Wildman–Crippen MR) is 78.0 cm³/mol. The summed E-state index contributed by atoms with van der Waals surface area (Å²) in [4.78, 5) is 23.4. The molecule has 0 bridgehead atoms. The van der Waals surface area contributed by atoms with Crippen molar-refractivity contribution in [3.8, 4) is 0 Å². The molecule has 0 radical (unpaired) electrons. The number of benzene rings is 1. The number of hydrogen-bond acceptors (Lipinski definition) is 3. The minimum atomic E-state index is -0.131. The molecule has 1 aliphatic rings. The first kappa shape index (κ1) is 13.4. The third kappa shape index (κ3) is 2.94. The molecule has 2 aromatic rings. The molecule has 0 fully saturated rings. The molecule has 21 heavy (non-hydrogen) atoms. The van der Waals surface area contributed by atoms with Crippen molar-refractivity contribution in [2.75, 3.05) is 11.9 Å². The molecule has 1 aromatic carbocycles. The van der Waals surface area contributed by atoms with Gasteiger partial charge in [-0.15, -0.1) is 0 Å². The Bertz CT molecular complexity index is 705. The molecule has 1 aromatic heterocycles. The van der Waals surface area contributed by atoms with E-state index in [0.717, 1.165) is 16.9 Å². The maximum Gasteiger partial charge on any atom is 0.251 e. The largest absolute Gasteiger partial charge is 0.352 e. The van der Waals surface area contributed by atoms with E-state index in [0.29, 0.717) is 24.9 Å². The third-order valence-corrected chi connectivity index (χ3v) is 3.43. The van der Waals surface area contributed by atoms with Gasteiger partial charge in [0.15, 0.2) is 0 Å². The molecule has 108 valence electrons. The van der Waals surface area contributed by atoms with Gasteiger partial charge >= 0.3 is 0 Å². The second-order valence-electron chi connectivity index (χ2n) is 5.08. The van der Waals surface area contributed by atoms with Crippen molar-refractivity contribution in [3.05, 3.63) is 47.3 Å². The molecule has 0 aliphatic carbocycles. The van der Waals surface area contributed by atoms with Crippen LogP contribution in [0.3, 0.4) is 0 Å². The van der Waals surface area contributed by atoms with Gasteiger partial charge in [0.2, 0.25) is 5.91 Å². The molecule has 6 heteroatoms. The summed E-state index contributed by atoms with van der Waals surface area (Å²) < 4.78 is 1.74. The van der Waals surface area contributed by atoms with Crippen molar-refractivity contribution in [3.63, 3.8) is 0 Å². The molecule has 6 nitrogen and oxygen atoms in total. The van der Waals surface area contributed by atoms with E-state index in [1.165, 1.54) is 0 Å². The van der Waals surface area contributed by atoms with E-state index in [-0.39, 0.29) is 11.8 Å². The fourth-order valence-corrected chi connectivity index (χ4v) is 2.37. The molecule has 2 N–H and O–H groups in total. The predicted octanol–water partition coefficient (Wildman–Crippen LogP) is 0.887. The Morgan fingerprint density at radius 2 is 2.29 bits per heavy atom. The van der Waals surface area contributed by atoms with Crippen LogP contribution in [0, 0.1) is 0 Å². The van der Waals surface area contributed by atoms with Crippen molar-refractivity contribution in [2.24, 2.45) is 7.05 Å². The van der Waals surface area contributed by atoms with Crippen LogP contribution in [0.25, 0.3) is 0 Å². The summed E-state index contributed by atoms with van der Waals surface area (Å²) in [6.45, 7) is 0.532. The average Bonchev–Trinajstić information content (AvgIpc) is 3.02. The van der Waals surface area contributed by atoms with Crippen molar-refractivity contribution in [2.45, 2.75) is 12.8 Å². The topological polar surface area (TPSA) is 76.0 Å². The highest BCUT2D eigenvalue weighted by Gasteiger charge is 2.18. The molecule has 2 heterocycles. The molecule has 2 amide bonds. The lowest BCUT2D eigenvalue weighted by Crippen LogP contribution is -2.25. The van der Waals surface area contributed by atoms with Gasteiger partial charge in [0.05, 0.1) is 12.1 Å². The highest BCUT2D eigenvalue weighted by molar-refractivity contribution is 6.01. The summed E-state index contributed by atoms with van der Waals surface area (Å²) >= 11 is 0. The highest BCUT2D eigenvalue weighted by Crippen LogP contribution is 2.23. The third-order valence-electron chi connectivity index (χ3n) is 3.43. The number of nitrogens with zero attached hydrogens (tertiary/aromatic N) is 2. The van der Waals surface area contributed by atoms with E-state index in [2.05, 4.69) is 15.7 Å². The number of aromatic nitrogens is 2. The monoisotopic (exact) mass is 284 g/mol. The summed E-state index contributed by atoms with van der Waals surface area (Å²) in [6.07, 6.45) is 2.91. The zero-order valence-corrected chi connectivity index (χ0v) is 11.7. The lowest BCUT2D eigenvalue weighted by Gasteiger charge is -2.06. The standard InChI is InChI=1S/C15H16N4O2/c1-19-7-5-12(18-19)4-6-16-15(21)10-2-3-13-11(8-10)9-14(20)17-13/h2-3,5,7-8H,4,6,9H2,1H3,(H,16,21)(H,17,20). The maximum atomic E-state index is 12.1. The first-order chi connectivity index (χ1) is 10.1. The molecule has 0 atom stereocenters. The highest BCUT2D eigenvalue weighted by atomic mass is 16.2. The molecule has 0 spiro atoms. The van der Waals surface area contributed by atoms with Crippen LogP contribution < -0.4 is 10.6 Å². The minimum Gasteiger partial charge on any atom is -0.352 e. The fraction of sp³-hybridized carbons (Fsp3) is 0.267. The summed E-state index contributed by atoms with van der Waals surface area (Å²) in [6, 6.07) is 7.19. The number of aryl methyl sites for hydroxylation is 1. The number of rotatable bonds is 4. The second-order valence-corrected chi connectivity index (χ2v) is 5.08. The Balaban J connectivity index is 1.58. The van der Waals surface area contributed by atoms with Crippen molar-refractivity contribution in [1.29, 1.82) is 0 Å². The van der Waals surface area contributed by atoms with E-state index >= 15 is 0 Å². The van der Waals surface area contributed by atoms with Crippen molar-refractivity contribution in [1.82, 2.24) is 15.1 Å². The molecular weight excluding hydrogens is 268 g/mol. The lowest BCUT2D eigenvalue weighted by molar-refractivity contribution is -0.115. The van der Waals surface area contributed by atoms with Crippen LogP contribution in [0.15, 0.2) is 30.5 Å². The maximum absolute atomic E-state index is 12.1. The Morgan fingerprint density at radius 1 is 1.43 bits per heavy atom. The first-order valence-corrected chi connectivity index (χ1v) is 6.81. The minimum absolute atomic E-state index is 0.0299. The zero-order chi connectivity index (χ0) is 14.8. The zero-order valence-electron chi connectivity index (χ0n) is 11.7. The van der Waals surface area contributed by atoms with Crippen LogP contribution in [-0.2, 0) is 24.7 Å². The Hall–Kier alpha value is -2.63. The average molecular weight is 284 g/mol. The Labute approximate surface area is 122 Å². The van der Waals surface area contributed by atoms with Crippen molar-refractivity contribution < 1.29 is 9.59 Å². The van der Waals surface area contributed by atoms with Crippen molar-refractivity contribution >= 4 is 17.5 Å². The number of anilines is 1. The normalized spacial score (nSPS) is 12.9. The smallest absolute Gasteiger partial charge is 0.251 e. The molecule has 0 saturated carbocycles. The van der Waals surface area contributed by atoms with Crippen LogP contribution >= 0.6 is 0 Å². The molecule has 3 rings (SSSR count). The van der Waals surface area contributed by atoms with Crippen LogP contribution in [0.1, 0.15) is 21.6 Å². The van der Waals surface area contributed by atoms with Gasteiger partial charge in [-0.05, 0) is 29.8 Å². The van der Waals surface area contributed by atoms with Gasteiger partial charge in [0.25, 0.3) is 5.91 Å². The number of amides is 2. The fourth-order valence-electron chi connectivity index (χ4n) is 2.37. The number of fused-ring (bicyclic) bond motifs is 1. The van der Waals surface area contributed by atoms with E-state index < -0.39 is 0 Å². The van der Waals surface area contributed by atoms with E-state index in [1.807, 2.05) is 19.3 Å². The summed E-state index contributed by atoms with van der Waals surface area (Å²) in [5.74, 6) is -0.161. The summed E-state index contributed by atoms with van der Waals surface area (Å²) in [5, 5.41) is 9.87. The summed E-state index contributed by atoms with van der Waals surface area (Å²) in [5.41, 5.74) is 3.19. The molecule has 1 aliphatic heterocycles. The first-order valence-electron chi connectivity index (χ1n) is 6.81. The Morgan fingerprint density at radius 3 is 3.05 bits per heavy atom. The quantitative estimate of drug-likeness (QED) is 0.875. The van der Waals surface area contributed by atoms with Gasteiger partial charge in [-0.25, -0.2) is 0 Å². The number of carbonyl (C=O) groups excluding carboxylic acids is 2. The van der Waals surface area contributed by atoms with E-state index in [9.17, 15) is 9.59 Å². The number of hydrogen-bond donors (Lipinski definition) is 2. The van der Waals surface area contributed by atoms with Gasteiger partial charge in [-0.3, -0.25) is 14.3 Å². The van der Waals surface area contributed by atoms with E-state index in [1.54, 1.807) is 22.9 Å². The van der Waals surface area contributed by atoms with Gasteiger partial charge in [0.1, 0.15) is 0 Å². The lowest BCUT2D eigenvalue weighted by atomic mass is 10.1.